The van der Waals surface area contributed by atoms with E-state index in [0.717, 1.165) is 5.56 Å². The number of esters is 1. The average molecular weight is 379 g/mol. The largest absolute Gasteiger partial charge is 0.461 e. The van der Waals surface area contributed by atoms with Gasteiger partial charge in [0.2, 0.25) is 0 Å². The van der Waals surface area contributed by atoms with E-state index in [4.69, 9.17) is 14.8 Å². The number of benzene rings is 2. The number of hydrogen-bond donors (Lipinski definition) is 0. The molecule has 3 aromatic rings. The summed E-state index contributed by atoms with van der Waals surface area (Å²) in [6.07, 6.45) is 0. The molecule has 0 aliphatic carbocycles. The fourth-order valence-corrected chi connectivity index (χ4v) is 2.70. The maximum atomic E-state index is 13.1. The second-order valence-electron chi connectivity index (χ2n) is 5.98. The standard InChI is InChI=1S/C21H18FN3O3/c1-3-27-21(26)19-14(2)24-20(17-6-4-5-16(11-17)12-23)25(19)28-13-15-7-9-18(22)10-8-15/h4-11H,3,13H2,1-2H3. The van der Waals surface area contributed by atoms with Crippen molar-refractivity contribution in [2.24, 2.45) is 0 Å². The highest BCUT2D eigenvalue weighted by molar-refractivity contribution is 5.89. The van der Waals surface area contributed by atoms with Crippen LogP contribution in [-0.4, -0.2) is 22.3 Å². The number of imidazole rings is 1. The Hall–Kier alpha value is -3.66. The molecule has 0 saturated heterocycles. The summed E-state index contributed by atoms with van der Waals surface area (Å²) in [4.78, 5) is 22.8. The summed E-state index contributed by atoms with van der Waals surface area (Å²) in [6.45, 7) is 3.69. The molecule has 0 radical (unpaired) electrons. The van der Waals surface area contributed by atoms with E-state index in [1.165, 1.54) is 16.9 Å². The van der Waals surface area contributed by atoms with Gasteiger partial charge in [-0.05, 0) is 43.7 Å². The molecule has 0 saturated carbocycles. The van der Waals surface area contributed by atoms with Gasteiger partial charge in [0.15, 0.2) is 11.5 Å². The summed E-state index contributed by atoms with van der Waals surface area (Å²) in [6, 6.07) is 14.8. The molecule has 1 heterocycles. The summed E-state index contributed by atoms with van der Waals surface area (Å²) in [5.74, 6) is -0.530. The van der Waals surface area contributed by atoms with Crippen molar-refractivity contribution in [2.45, 2.75) is 20.5 Å². The Kier molecular flexibility index (Phi) is 5.70. The van der Waals surface area contributed by atoms with Crippen LogP contribution in [0, 0.1) is 24.1 Å². The summed E-state index contributed by atoms with van der Waals surface area (Å²) in [5.41, 5.74) is 2.41. The van der Waals surface area contributed by atoms with Crippen molar-refractivity contribution in [1.82, 2.24) is 9.71 Å². The summed E-state index contributed by atoms with van der Waals surface area (Å²) < 4.78 is 19.6. The maximum Gasteiger partial charge on any atom is 0.360 e. The maximum absolute atomic E-state index is 13.1. The number of halogens is 1. The summed E-state index contributed by atoms with van der Waals surface area (Å²) in [7, 11) is 0. The van der Waals surface area contributed by atoms with Crippen LogP contribution < -0.4 is 4.84 Å². The average Bonchev–Trinajstić information content (AvgIpc) is 3.04. The Bertz CT molecular complexity index is 1040. The van der Waals surface area contributed by atoms with Gasteiger partial charge in [0.05, 0.1) is 23.9 Å². The first-order chi connectivity index (χ1) is 13.5. The van der Waals surface area contributed by atoms with Crippen molar-refractivity contribution in [3.8, 4) is 17.5 Å². The first kappa shape index (κ1) is 19.1. The van der Waals surface area contributed by atoms with Gasteiger partial charge >= 0.3 is 5.97 Å². The number of hydrogen-bond acceptors (Lipinski definition) is 5. The fourth-order valence-electron chi connectivity index (χ4n) is 2.70. The minimum atomic E-state index is -0.561. The molecule has 0 aliphatic heterocycles. The summed E-state index contributed by atoms with van der Waals surface area (Å²) in [5, 5.41) is 9.16. The predicted octanol–water partition coefficient (Wildman–Crippen LogP) is 3.67. The van der Waals surface area contributed by atoms with Crippen molar-refractivity contribution in [3.05, 3.63) is 76.9 Å². The SMILES string of the molecule is CCOC(=O)c1c(C)nc(-c2cccc(C#N)c2)n1OCc1ccc(F)cc1. The molecule has 0 bridgehead atoms. The zero-order chi connectivity index (χ0) is 20.1. The number of nitrogens with zero attached hydrogens (tertiary/aromatic N) is 3. The molecule has 7 heteroatoms. The van der Waals surface area contributed by atoms with Crippen molar-refractivity contribution in [2.75, 3.05) is 6.61 Å². The molecule has 0 aliphatic rings. The van der Waals surface area contributed by atoms with Gasteiger partial charge in [-0.2, -0.15) is 9.99 Å². The fraction of sp³-hybridized carbons (Fsp3) is 0.190. The molecule has 0 atom stereocenters. The van der Waals surface area contributed by atoms with Crippen molar-refractivity contribution in [3.63, 3.8) is 0 Å². The van der Waals surface area contributed by atoms with Crippen LogP contribution in [-0.2, 0) is 11.3 Å². The molecule has 1 aromatic heterocycles. The highest BCUT2D eigenvalue weighted by Gasteiger charge is 2.24. The number of aromatic nitrogens is 2. The molecule has 0 unspecified atom stereocenters. The lowest BCUT2D eigenvalue weighted by Gasteiger charge is -2.13. The Morgan fingerprint density at radius 2 is 2.00 bits per heavy atom. The van der Waals surface area contributed by atoms with E-state index in [1.54, 1.807) is 50.2 Å². The van der Waals surface area contributed by atoms with E-state index in [0.29, 0.717) is 22.6 Å². The third-order valence-electron chi connectivity index (χ3n) is 4.00. The molecule has 6 nitrogen and oxygen atoms in total. The lowest BCUT2D eigenvalue weighted by molar-refractivity contribution is 0.0426. The van der Waals surface area contributed by atoms with Crippen molar-refractivity contribution in [1.29, 1.82) is 5.26 Å². The van der Waals surface area contributed by atoms with Crippen LogP contribution in [0.15, 0.2) is 48.5 Å². The van der Waals surface area contributed by atoms with Gasteiger partial charge in [-0.25, -0.2) is 14.2 Å². The van der Waals surface area contributed by atoms with E-state index in [9.17, 15) is 9.18 Å². The predicted molar refractivity (Wildman–Crippen MR) is 99.8 cm³/mol. The molecule has 2 aromatic carbocycles. The van der Waals surface area contributed by atoms with Gasteiger partial charge in [-0.15, -0.1) is 0 Å². The van der Waals surface area contributed by atoms with Crippen molar-refractivity contribution >= 4 is 5.97 Å². The zero-order valence-electron chi connectivity index (χ0n) is 15.5. The van der Waals surface area contributed by atoms with E-state index in [-0.39, 0.29) is 24.7 Å². The van der Waals surface area contributed by atoms with Gasteiger partial charge < -0.3 is 9.57 Å². The van der Waals surface area contributed by atoms with Crippen LogP contribution in [0.2, 0.25) is 0 Å². The Balaban J connectivity index is 2.03. The Morgan fingerprint density at radius 1 is 1.25 bits per heavy atom. The first-order valence-corrected chi connectivity index (χ1v) is 8.68. The molecular weight excluding hydrogens is 361 g/mol. The van der Waals surface area contributed by atoms with Crippen LogP contribution in [0.5, 0.6) is 0 Å². The number of aryl methyl sites for hydroxylation is 1. The normalized spacial score (nSPS) is 10.4. The molecule has 0 fully saturated rings. The van der Waals surface area contributed by atoms with E-state index in [1.807, 2.05) is 0 Å². The van der Waals surface area contributed by atoms with Crippen LogP contribution >= 0.6 is 0 Å². The second-order valence-corrected chi connectivity index (χ2v) is 5.98. The second kappa shape index (κ2) is 8.35. The smallest absolute Gasteiger partial charge is 0.360 e. The van der Waals surface area contributed by atoms with E-state index < -0.39 is 5.97 Å². The topological polar surface area (TPSA) is 77.1 Å². The number of rotatable bonds is 6. The number of carbonyl (C=O) groups excluding carboxylic acids is 1. The quantitative estimate of drug-likeness (QED) is 0.611. The third-order valence-corrected chi connectivity index (χ3v) is 4.00. The molecule has 0 N–H and O–H groups in total. The first-order valence-electron chi connectivity index (χ1n) is 8.68. The zero-order valence-corrected chi connectivity index (χ0v) is 15.5. The minimum Gasteiger partial charge on any atom is -0.461 e. The number of nitriles is 1. The third kappa shape index (κ3) is 4.01. The van der Waals surface area contributed by atoms with Gasteiger partial charge in [0.25, 0.3) is 0 Å². The Labute approximate surface area is 161 Å². The van der Waals surface area contributed by atoms with Crippen LogP contribution in [0.3, 0.4) is 0 Å². The molecule has 3 rings (SSSR count). The van der Waals surface area contributed by atoms with E-state index >= 15 is 0 Å². The Morgan fingerprint density at radius 3 is 2.68 bits per heavy atom. The van der Waals surface area contributed by atoms with Gasteiger partial charge in [0.1, 0.15) is 12.4 Å². The summed E-state index contributed by atoms with van der Waals surface area (Å²) >= 11 is 0. The van der Waals surface area contributed by atoms with Gasteiger partial charge in [-0.3, -0.25) is 0 Å². The van der Waals surface area contributed by atoms with Crippen LogP contribution in [0.4, 0.5) is 4.39 Å². The number of ether oxygens (including phenoxy) is 1. The number of carbonyl (C=O) groups is 1. The van der Waals surface area contributed by atoms with Crippen LogP contribution in [0.1, 0.15) is 34.2 Å². The van der Waals surface area contributed by atoms with Gasteiger partial charge in [-0.1, -0.05) is 24.3 Å². The highest BCUT2D eigenvalue weighted by atomic mass is 19.1. The van der Waals surface area contributed by atoms with Crippen LogP contribution in [0.25, 0.3) is 11.4 Å². The van der Waals surface area contributed by atoms with Gasteiger partial charge in [0, 0.05) is 5.56 Å². The molecule has 0 spiro atoms. The monoisotopic (exact) mass is 379 g/mol. The minimum absolute atomic E-state index is 0.0907. The van der Waals surface area contributed by atoms with E-state index in [2.05, 4.69) is 11.1 Å². The lowest BCUT2D eigenvalue weighted by atomic mass is 10.1. The lowest BCUT2D eigenvalue weighted by Crippen LogP contribution is -2.20. The molecule has 0 amide bonds. The molecule has 28 heavy (non-hydrogen) atoms. The molecular formula is C21H18FN3O3. The van der Waals surface area contributed by atoms with Crippen molar-refractivity contribution < 1.29 is 18.8 Å². The highest BCUT2D eigenvalue weighted by Crippen LogP contribution is 2.23. The molecule has 142 valence electrons.